The Hall–Kier alpha value is -3.85. The molecule has 2 amide bonds. The first kappa shape index (κ1) is 35.5. The van der Waals surface area contributed by atoms with Crippen LogP contribution in [0.5, 0.6) is 0 Å². The van der Waals surface area contributed by atoms with E-state index >= 15 is 0 Å². The van der Waals surface area contributed by atoms with Crippen molar-refractivity contribution in [2.24, 2.45) is 0 Å². The fourth-order valence-corrected chi connectivity index (χ4v) is 8.07. The number of anilines is 1. The Kier molecular flexibility index (Phi) is 11.8. The van der Waals surface area contributed by atoms with Gasteiger partial charge in [-0.3, -0.25) is 13.9 Å². The van der Waals surface area contributed by atoms with Gasteiger partial charge in [0, 0.05) is 29.1 Å². The second-order valence-corrected chi connectivity index (χ2v) is 15.2. The van der Waals surface area contributed by atoms with Gasteiger partial charge in [0.1, 0.15) is 12.6 Å². The minimum absolute atomic E-state index is 0.0121. The number of sulfonamides is 1. The van der Waals surface area contributed by atoms with Crippen molar-refractivity contribution < 1.29 is 18.0 Å². The first-order valence-corrected chi connectivity index (χ1v) is 18.4. The number of hydrogen-bond donors (Lipinski definition) is 1. The van der Waals surface area contributed by atoms with Gasteiger partial charge in [-0.05, 0) is 68.1 Å². The van der Waals surface area contributed by atoms with E-state index in [1.165, 1.54) is 35.2 Å². The number of carbonyl (C=O) groups is 2. The van der Waals surface area contributed by atoms with Crippen LogP contribution in [-0.4, -0.2) is 43.8 Å². The van der Waals surface area contributed by atoms with Gasteiger partial charge in [-0.2, -0.15) is 0 Å². The van der Waals surface area contributed by atoms with Gasteiger partial charge in [-0.1, -0.05) is 120 Å². The summed E-state index contributed by atoms with van der Waals surface area (Å²) in [5, 5.41) is 3.68. The molecule has 5 rings (SSSR count). The van der Waals surface area contributed by atoms with Gasteiger partial charge in [0.15, 0.2) is 0 Å². The van der Waals surface area contributed by atoms with E-state index in [-0.39, 0.29) is 45.5 Å². The third-order valence-corrected chi connectivity index (χ3v) is 10.9. The van der Waals surface area contributed by atoms with Crippen LogP contribution in [0.25, 0.3) is 0 Å². The molecular weight excluding hydrogens is 665 g/mol. The highest BCUT2D eigenvalue weighted by molar-refractivity contribution is 7.92. The number of nitrogens with one attached hydrogen (secondary N) is 1. The number of amides is 2. The Morgan fingerprint density at radius 3 is 2.08 bits per heavy atom. The van der Waals surface area contributed by atoms with Crippen LogP contribution in [0.3, 0.4) is 0 Å². The molecule has 10 heteroatoms. The Balaban J connectivity index is 1.58. The van der Waals surface area contributed by atoms with E-state index in [2.05, 4.69) is 5.32 Å². The minimum atomic E-state index is -4.27. The van der Waals surface area contributed by atoms with Crippen molar-refractivity contribution in [1.82, 2.24) is 10.2 Å². The van der Waals surface area contributed by atoms with E-state index in [0.717, 1.165) is 58.7 Å². The summed E-state index contributed by atoms with van der Waals surface area (Å²) in [6.45, 7) is 3.35. The lowest BCUT2D eigenvalue weighted by molar-refractivity contribution is -0.140. The minimum Gasteiger partial charge on any atom is -0.352 e. The maximum atomic E-state index is 14.7. The zero-order valence-electron chi connectivity index (χ0n) is 27.2. The third kappa shape index (κ3) is 9.19. The lowest BCUT2D eigenvalue weighted by Crippen LogP contribution is -2.55. The molecule has 0 aromatic heterocycles. The summed E-state index contributed by atoms with van der Waals surface area (Å²) >= 11 is 12.7. The zero-order chi connectivity index (χ0) is 34.3. The van der Waals surface area contributed by atoms with Crippen LogP contribution >= 0.6 is 23.2 Å². The Morgan fingerprint density at radius 2 is 1.44 bits per heavy atom. The third-order valence-electron chi connectivity index (χ3n) is 8.68. The second-order valence-electron chi connectivity index (χ2n) is 12.5. The van der Waals surface area contributed by atoms with Gasteiger partial charge in [0.25, 0.3) is 10.0 Å². The van der Waals surface area contributed by atoms with Gasteiger partial charge in [-0.15, -0.1) is 0 Å². The fraction of sp³-hybridized carbons (Fsp3) is 0.316. The molecule has 1 N–H and O–H groups in total. The molecule has 0 bridgehead atoms. The largest absolute Gasteiger partial charge is 0.352 e. The highest BCUT2D eigenvalue weighted by atomic mass is 35.5. The Morgan fingerprint density at radius 1 is 0.792 bits per heavy atom. The molecule has 1 saturated carbocycles. The van der Waals surface area contributed by atoms with Crippen molar-refractivity contribution in [3.8, 4) is 0 Å². The first-order valence-electron chi connectivity index (χ1n) is 16.2. The molecule has 0 unspecified atom stereocenters. The van der Waals surface area contributed by atoms with Crippen molar-refractivity contribution in [1.29, 1.82) is 0 Å². The van der Waals surface area contributed by atoms with Crippen LogP contribution < -0.4 is 9.62 Å². The van der Waals surface area contributed by atoms with Crippen LogP contribution in [0.15, 0.2) is 102 Å². The van der Waals surface area contributed by atoms with Crippen LogP contribution in [0.2, 0.25) is 10.0 Å². The molecule has 4 aromatic rings. The number of halogens is 2. The van der Waals surface area contributed by atoms with Crippen LogP contribution in [-0.2, 0) is 32.6 Å². The molecular formula is C38H41Cl2N3O4S. The highest BCUT2D eigenvalue weighted by Gasteiger charge is 2.35. The van der Waals surface area contributed by atoms with Gasteiger partial charge >= 0.3 is 0 Å². The van der Waals surface area contributed by atoms with E-state index in [4.69, 9.17) is 23.2 Å². The first-order chi connectivity index (χ1) is 23.0. The monoisotopic (exact) mass is 705 g/mol. The molecule has 4 aromatic carbocycles. The van der Waals surface area contributed by atoms with E-state index in [1.54, 1.807) is 12.1 Å². The summed E-state index contributed by atoms with van der Waals surface area (Å²) in [4.78, 5) is 30.5. The Labute approximate surface area is 293 Å². The molecule has 252 valence electrons. The number of hydrogen-bond acceptors (Lipinski definition) is 4. The highest BCUT2D eigenvalue weighted by Crippen LogP contribution is 2.30. The lowest BCUT2D eigenvalue weighted by atomic mass is 9.94. The molecule has 7 nitrogen and oxygen atoms in total. The number of rotatable bonds is 12. The standard InChI is InChI=1S/C38H41Cl2N3O4S/c1-27-16-18-35(19-17-27)48(46,47)43(34-23-31(39)22-32(40)24-34)26-37(44)42(25-30-13-9-10-28(2)20-30)36(21-29-11-5-3-6-12-29)38(45)41-33-14-7-4-8-15-33/h3,5-6,9-13,16-20,22-24,33,36H,4,7-8,14-15,21,25-26H2,1-2H3,(H,41,45)/t36-/m0/s1. The number of nitrogens with zero attached hydrogens (tertiary/aromatic N) is 2. The summed E-state index contributed by atoms with van der Waals surface area (Å²) in [6, 6.07) is 27.3. The fourth-order valence-electron chi connectivity index (χ4n) is 6.15. The summed E-state index contributed by atoms with van der Waals surface area (Å²) < 4.78 is 29.6. The summed E-state index contributed by atoms with van der Waals surface area (Å²) in [5.41, 5.74) is 3.74. The van der Waals surface area contributed by atoms with E-state index < -0.39 is 28.5 Å². The summed E-state index contributed by atoms with van der Waals surface area (Å²) in [6.07, 6.45) is 5.23. The SMILES string of the molecule is Cc1ccc(S(=O)(=O)N(CC(=O)N(Cc2cccc(C)c2)[C@@H](Cc2ccccc2)C(=O)NC2CCCCC2)c2cc(Cl)cc(Cl)c2)cc1. The molecule has 0 radical (unpaired) electrons. The van der Waals surface area contributed by atoms with E-state index in [9.17, 15) is 18.0 Å². The zero-order valence-corrected chi connectivity index (χ0v) is 29.6. The quantitative estimate of drug-likeness (QED) is 0.162. The smallest absolute Gasteiger partial charge is 0.264 e. The van der Waals surface area contributed by atoms with Crippen molar-refractivity contribution in [2.45, 2.75) is 75.9 Å². The van der Waals surface area contributed by atoms with Crippen LogP contribution in [0.4, 0.5) is 5.69 Å². The topological polar surface area (TPSA) is 86.8 Å². The van der Waals surface area contributed by atoms with Gasteiger partial charge in [0.05, 0.1) is 10.6 Å². The molecule has 0 aliphatic heterocycles. The molecule has 0 saturated heterocycles. The number of aryl methyl sites for hydroxylation is 2. The summed E-state index contributed by atoms with van der Waals surface area (Å²) in [5.74, 6) is -0.798. The van der Waals surface area contributed by atoms with Crippen molar-refractivity contribution >= 4 is 50.7 Å². The average Bonchev–Trinajstić information content (AvgIpc) is 3.05. The Bertz CT molecular complexity index is 1810. The predicted molar refractivity (Wildman–Crippen MR) is 193 cm³/mol. The number of carbonyl (C=O) groups excluding carboxylic acids is 2. The normalized spacial score (nSPS) is 14.2. The van der Waals surface area contributed by atoms with Gasteiger partial charge < -0.3 is 10.2 Å². The average molecular weight is 707 g/mol. The van der Waals surface area contributed by atoms with Crippen molar-refractivity contribution in [3.63, 3.8) is 0 Å². The maximum absolute atomic E-state index is 14.7. The van der Waals surface area contributed by atoms with Crippen LogP contribution in [0.1, 0.15) is 54.4 Å². The molecule has 1 fully saturated rings. The molecule has 1 atom stereocenters. The molecule has 1 aliphatic rings. The number of benzene rings is 4. The van der Waals surface area contributed by atoms with Crippen LogP contribution in [0, 0.1) is 13.8 Å². The second kappa shape index (κ2) is 16.0. The van der Waals surface area contributed by atoms with Crippen molar-refractivity contribution in [2.75, 3.05) is 10.8 Å². The molecule has 1 aliphatic carbocycles. The predicted octanol–water partition coefficient (Wildman–Crippen LogP) is 7.89. The molecule has 0 heterocycles. The van der Waals surface area contributed by atoms with Gasteiger partial charge in [-0.25, -0.2) is 8.42 Å². The molecule has 48 heavy (non-hydrogen) atoms. The van der Waals surface area contributed by atoms with E-state index in [1.807, 2.05) is 68.4 Å². The maximum Gasteiger partial charge on any atom is 0.264 e. The van der Waals surface area contributed by atoms with Crippen molar-refractivity contribution in [3.05, 3.63) is 129 Å². The lowest BCUT2D eigenvalue weighted by Gasteiger charge is -2.35. The summed E-state index contributed by atoms with van der Waals surface area (Å²) in [7, 11) is -4.27. The molecule has 0 spiro atoms. The van der Waals surface area contributed by atoms with E-state index in [0.29, 0.717) is 0 Å². The van der Waals surface area contributed by atoms with Gasteiger partial charge in [0.2, 0.25) is 11.8 Å².